The predicted octanol–water partition coefficient (Wildman–Crippen LogP) is 7.66. The molecule has 0 aromatic carbocycles. The quantitative estimate of drug-likeness (QED) is 0.0940. The van der Waals surface area contributed by atoms with E-state index in [4.69, 9.17) is 5.11 Å². The lowest BCUT2D eigenvalue weighted by Crippen LogP contribution is -3.00. The summed E-state index contributed by atoms with van der Waals surface area (Å²) in [6, 6.07) is 0. The van der Waals surface area contributed by atoms with Crippen molar-refractivity contribution in [2.24, 2.45) is 11.8 Å². The first-order valence-corrected chi connectivity index (χ1v) is 16.2. The molecule has 0 saturated heterocycles. The Balaban J connectivity index is -0.000000623. The fourth-order valence-electron chi connectivity index (χ4n) is 4.96. The maximum atomic E-state index is 11.1. The molecule has 37 heavy (non-hydrogen) atoms. The van der Waals surface area contributed by atoms with Crippen LogP contribution in [-0.4, -0.2) is 43.2 Å². The Labute approximate surface area is 241 Å². The molecule has 0 rings (SSSR count). The van der Waals surface area contributed by atoms with Gasteiger partial charge in [0.2, 0.25) is 0 Å². The molecule has 0 bridgehead atoms. The highest BCUT2D eigenvalue weighted by atomic mass is 35.5. The zero-order valence-electron chi connectivity index (χ0n) is 26.6. The van der Waals surface area contributed by atoms with Crippen LogP contribution < -0.4 is 12.4 Å². The fraction of sp³-hybridized carbons (Fsp3) is 0.970. The van der Waals surface area contributed by atoms with E-state index in [1.807, 2.05) is 0 Å². The van der Waals surface area contributed by atoms with Crippen LogP contribution in [0.15, 0.2) is 0 Å². The third kappa shape index (κ3) is 33.7. The molecule has 0 fully saturated rings. The van der Waals surface area contributed by atoms with Gasteiger partial charge < -0.3 is 22.0 Å². The second-order valence-corrected chi connectivity index (χ2v) is 12.4. The van der Waals surface area contributed by atoms with Crippen molar-refractivity contribution in [3.05, 3.63) is 0 Å². The van der Waals surface area contributed by atoms with Gasteiger partial charge in [-0.3, -0.25) is 4.79 Å². The third-order valence-electron chi connectivity index (χ3n) is 7.71. The number of unbranched alkanes of at least 4 members (excludes halogenated alkanes) is 16. The summed E-state index contributed by atoms with van der Waals surface area (Å²) in [7, 11) is 6.88. The van der Waals surface area contributed by atoms with Crippen LogP contribution in [0.1, 0.15) is 169 Å². The van der Waals surface area contributed by atoms with Crippen LogP contribution in [0.3, 0.4) is 0 Å². The molecular formula is C33H70ClNO2. The van der Waals surface area contributed by atoms with Gasteiger partial charge in [0.25, 0.3) is 0 Å². The topological polar surface area (TPSA) is 37.3 Å². The number of nitrogens with zero attached hydrogens (tertiary/aromatic N) is 1. The Kier molecular flexibility index (Phi) is 33.7. The molecule has 226 valence electrons. The highest BCUT2D eigenvalue weighted by Gasteiger charge is 2.20. The minimum absolute atomic E-state index is 0. The molecule has 1 N–H and O–H groups in total. The van der Waals surface area contributed by atoms with E-state index in [9.17, 15) is 4.79 Å². The van der Waals surface area contributed by atoms with Crippen molar-refractivity contribution in [2.75, 3.05) is 27.7 Å². The van der Waals surface area contributed by atoms with Gasteiger partial charge in [0.15, 0.2) is 0 Å². The van der Waals surface area contributed by atoms with Crippen molar-refractivity contribution >= 4 is 5.97 Å². The normalized spacial score (nSPS) is 12.1. The SMILES string of the molecule is CCCCCCC(CC(CC)CC)C(=O)O.CCCCCCCCCCCCCCCC[N+](C)(C)C.[Cl-]. The third-order valence-corrected chi connectivity index (χ3v) is 7.71. The molecular weight excluding hydrogens is 478 g/mol. The Morgan fingerprint density at radius 3 is 1.27 bits per heavy atom. The first-order chi connectivity index (χ1) is 17.2. The van der Waals surface area contributed by atoms with Crippen LogP contribution in [0.4, 0.5) is 0 Å². The Morgan fingerprint density at radius 1 is 0.595 bits per heavy atom. The number of carbonyl (C=O) groups is 1. The van der Waals surface area contributed by atoms with Gasteiger partial charge in [0, 0.05) is 0 Å². The summed E-state index contributed by atoms with van der Waals surface area (Å²) in [5.41, 5.74) is 0. The van der Waals surface area contributed by atoms with E-state index < -0.39 is 5.97 Å². The molecule has 1 atom stereocenters. The van der Waals surface area contributed by atoms with Crippen molar-refractivity contribution in [1.29, 1.82) is 0 Å². The Bertz CT molecular complexity index is 446. The van der Waals surface area contributed by atoms with Gasteiger partial charge in [0.1, 0.15) is 0 Å². The second kappa shape index (κ2) is 30.3. The molecule has 0 amide bonds. The first kappa shape index (κ1) is 41.2. The summed E-state index contributed by atoms with van der Waals surface area (Å²) in [5, 5.41) is 9.17. The summed E-state index contributed by atoms with van der Waals surface area (Å²) in [5.74, 6) is -0.113. The summed E-state index contributed by atoms with van der Waals surface area (Å²) < 4.78 is 1.12. The van der Waals surface area contributed by atoms with Crippen molar-refractivity contribution in [1.82, 2.24) is 0 Å². The summed E-state index contributed by atoms with van der Waals surface area (Å²) in [6.45, 7) is 10.1. The predicted molar refractivity (Wildman–Crippen MR) is 162 cm³/mol. The number of halogens is 1. The number of aliphatic carboxylic acids is 1. The van der Waals surface area contributed by atoms with Crippen molar-refractivity contribution < 1.29 is 26.8 Å². The summed E-state index contributed by atoms with van der Waals surface area (Å²) >= 11 is 0. The molecule has 0 spiro atoms. The van der Waals surface area contributed by atoms with Crippen LogP contribution >= 0.6 is 0 Å². The lowest BCUT2D eigenvalue weighted by atomic mass is 9.87. The van der Waals surface area contributed by atoms with Gasteiger partial charge in [-0.2, -0.15) is 0 Å². The molecule has 3 nitrogen and oxygen atoms in total. The number of hydrogen-bond donors (Lipinski definition) is 1. The van der Waals surface area contributed by atoms with Gasteiger partial charge in [-0.25, -0.2) is 0 Å². The van der Waals surface area contributed by atoms with Crippen LogP contribution in [0, 0.1) is 11.8 Å². The molecule has 1 unspecified atom stereocenters. The van der Waals surface area contributed by atoms with Gasteiger partial charge in [-0.1, -0.05) is 143 Å². The number of quaternary nitrogens is 1. The van der Waals surface area contributed by atoms with Crippen molar-refractivity contribution in [2.45, 2.75) is 169 Å². The maximum absolute atomic E-state index is 11.1. The fourth-order valence-corrected chi connectivity index (χ4v) is 4.96. The smallest absolute Gasteiger partial charge is 0.306 e. The van der Waals surface area contributed by atoms with E-state index in [1.165, 1.54) is 116 Å². The molecule has 0 saturated carbocycles. The first-order valence-electron chi connectivity index (χ1n) is 16.2. The van der Waals surface area contributed by atoms with Gasteiger partial charge >= 0.3 is 5.97 Å². The molecule has 0 aromatic heterocycles. The second-order valence-electron chi connectivity index (χ2n) is 12.4. The monoisotopic (exact) mass is 548 g/mol. The van der Waals surface area contributed by atoms with Gasteiger partial charge in [-0.15, -0.1) is 0 Å². The lowest BCUT2D eigenvalue weighted by molar-refractivity contribution is -0.870. The minimum atomic E-state index is -0.594. The maximum Gasteiger partial charge on any atom is 0.306 e. The number of hydrogen-bond acceptors (Lipinski definition) is 1. The Hall–Kier alpha value is -0.280. The highest BCUT2D eigenvalue weighted by molar-refractivity contribution is 5.69. The van der Waals surface area contributed by atoms with Crippen molar-refractivity contribution in [3.8, 4) is 0 Å². The van der Waals surface area contributed by atoms with E-state index in [2.05, 4.69) is 48.8 Å². The van der Waals surface area contributed by atoms with Gasteiger partial charge in [0.05, 0.1) is 33.6 Å². The summed E-state index contributed by atoms with van der Waals surface area (Å²) in [4.78, 5) is 11.1. The standard InChI is InChI=1S/C19H42N.C14H28O2.ClH/c1-5-6-7-8-9-10-11-12-13-14-15-16-17-18-19-20(2,3)4;1-4-7-8-9-10-13(14(15)16)11-12(5-2)6-3;/h5-19H2,1-4H3;12-13H,4-11H2,1-3H3,(H,15,16);1H/q+1;;/p-1. The van der Waals surface area contributed by atoms with Gasteiger partial charge in [-0.05, 0) is 31.6 Å². The van der Waals surface area contributed by atoms with E-state index in [-0.39, 0.29) is 18.3 Å². The largest absolute Gasteiger partial charge is 1.00 e. The van der Waals surface area contributed by atoms with E-state index in [0.29, 0.717) is 5.92 Å². The average molecular weight is 548 g/mol. The van der Waals surface area contributed by atoms with E-state index >= 15 is 0 Å². The molecule has 0 aliphatic heterocycles. The number of carboxylic acid groups (broad SMARTS) is 1. The zero-order valence-corrected chi connectivity index (χ0v) is 27.4. The average Bonchev–Trinajstić information content (AvgIpc) is 2.83. The molecule has 0 aliphatic rings. The van der Waals surface area contributed by atoms with Crippen LogP contribution in [0.25, 0.3) is 0 Å². The lowest BCUT2D eigenvalue weighted by Gasteiger charge is -2.23. The molecule has 0 aromatic rings. The summed E-state index contributed by atoms with van der Waals surface area (Å²) in [6.07, 6.45) is 29.0. The van der Waals surface area contributed by atoms with Crippen LogP contribution in [0.2, 0.25) is 0 Å². The van der Waals surface area contributed by atoms with Crippen LogP contribution in [-0.2, 0) is 4.79 Å². The Morgan fingerprint density at radius 2 is 0.946 bits per heavy atom. The number of rotatable bonds is 25. The molecule has 0 radical (unpaired) electrons. The molecule has 0 heterocycles. The minimum Gasteiger partial charge on any atom is -1.00 e. The van der Waals surface area contributed by atoms with Crippen LogP contribution in [0.5, 0.6) is 0 Å². The number of carboxylic acids is 1. The molecule has 4 heteroatoms. The van der Waals surface area contributed by atoms with Crippen molar-refractivity contribution in [3.63, 3.8) is 0 Å². The van der Waals surface area contributed by atoms with E-state index in [1.54, 1.807) is 0 Å². The molecule has 0 aliphatic carbocycles. The highest BCUT2D eigenvalue weighted by Crippen LogP contribution is 2.23. The van der Waals surface area contributed by atoms with E-state index in [0.717, 1.165) is 36.6 Å². The zero-order chi connectivity index (χ0) is 27.5.